The molecule has 0 aliphatic heterocycles. The molecule has 0 N–H and O–H groups in total. The Morgan fingerprint density at radius 2 is 1.23 bits per heavy atom. The minimum absolute atomic E-state index is 0.249. The Morgan fingerprint density at radius 1 is 0.800 bits per heavy atom. The molecule has 3 rings (SSSR count). The normalized spacial score (nSPS) is 11.8. The zero-order valence-corrected chi connectivity index (χ0v) is 19.6. The van der Waals surface area contributed by atoms with E-state index in [0.29, 0.717) is 5.56 Å². The Hall–Kier alpha value is -2.88. The second kappa shape index (κ2) is 7.42. The van der Waals surface area contributed by atoms with E-state index in [0.717, 1.165) is 44.8 Å². The maximum atomic E-state index is 13.6. The van der Waals surface area contributed by atoms with Crippen molar-refractivity contribution in [2.75, 3.05) is 0 Å². The topological polar surface area (TPSA) is 48.9 Å². The highest BCUT2D eigenvalue weighted by Crippen LogP contribution is 2.27. The summed E-state index contributed by atoms with van der Waals surface area (Å²) in [7, 11) is 0. The van der Waals surface area contributed by atoms with Crippen LogP contribution < -0.4 is 15.2 Å². The van der Waals surface area contributed by atoms with Crippen molar-refractivity contribution in [3.05, 3.63) is 79.9 Å². The lowest BCUT2D eigenvalue weighted by atomic mass is 9.88. The zero-order valence-electron chi connectivity index (χ0n) is 19.6. The first kappa shape index (κ1) is 21.8. The van der Waals surface area contributed by atoms with Crippen molar-refractivity contribution < 1.29 is 9.67 Å². The van der Waals surface area contributed by atoms with Gasteiger partial charge in [-0.1, -0.05) is 56.2 Å². The maximum absolute atomic E-state index is 13.6. The van der Waals surface area contributed by atoms with Gasteiger partial charge in [-0.05, 0) is 69.2 Å². The van der Waals surface area contributed by atoms with E-state index >= 15 is 0 Å². The average Bonchev–Trinajstić information content (AvgIpc) is 2.55. The molecule has 0 saturated carbocycles. The van der Waals surface area contributed by atoms with E-state index in [9.17, 15) is 9.90 Å². The van der Waals surface area contributed by atoms with Crippen LogP contribution in [0.15, 0.2) is 35.4 Å². The molecular weight excluding hydrogens is 372 g/mol. The van der Waals surface area contributed by atoms with Gasteiger partial charge in [0.1, 0.15) is 11.4 Å². The summed E-state index contributed by atoms with van der Waals surface area (Å²) in [6.07, 6.45) is 1.68. The van der Waals surface area contributed by atoms with Crippen LogP contribution in [0, 0.1) is 41.5 Å². The van der Waals surface area contributed by atoms with Crippen molar-refractivity contribution in [2.24, 2.45) is 0 Å². The van der Waals surface area contributed by atoms with Crippen molar-refractivity contribution in [3.8, 4) is 17.3 Å². The fraction of sp³-hybridized carbons (Fsp3) is 0.385. The lowest BCUT2D eigenvalue weighted by molar-refractivity contribution is -0.656. The molecule has 30 heavy (non-hydrogen) atoms. The number of rotatable bonds is 2. The molecule has 2 aromatic carbocycles. The highest BCUT2D eigenvalue weighted by molar-refractivity contribution is 5.50. The first-order valence-electron chi connectivity index (χ1n) is 10.4. The molecule has 0 amide bonds. The van der Waals surface area contributed by atoms with Crippen molar-refractivity contribution in [1.29, 1.82) is 0 Å². The van der Waals surface area contributed by atoms with Crippen molar-refractivity contribution in [2.45, 2.75) is 67.7 Å². The lowest BCUT2D eigenvalue weighted by Crippen LogP contribution is -2.46. The minimum Gasteiger partial charge on any atom is -0.842 e. The second-order valence-electron chi connectivity index (χ2n) is 9.59. The molecule has 0 saturated heterocycles. The summed E-state index contributed by atoms with van der Waals surface area (Å²) in [5.41, 5.74) is 7.48. The zero-order chi connectivity index (χ0) is 22.5. The van der Waals surface area contributed by atoms with Gasteiger partial charge < -0.3 is 5.11 Å². The van der Waals surface area contributed by atoms with Crippen molar-refractivity contribution in [3.63, 3.8) is 0 Å². The standard InChI is InChI=1S/C26H32N2O2/c1-15-10-17(3)22(18(4)11-15)27-14-28(23-19(5)12-16(2)13-20(23)6)25(30)21(24(27)29)26(7,8)9/h10-14H,1-9H3. The number of benzene rings is 2. The predicted octanol–water partition coefficient (Wildman–Crippen LogP) is 4.34. The summed E-state index contributed by atoms with van der Waals surface area (Å²) < 4.78 is 3.32. The van der Waals surface area contributed by atoms with Gasteiger partial charge in [-0.2, -0.15) is 4.57 Å². The Balaban J connectivity index is 2.52. The molecule has 0 atom stereocenters. The van der Waals surface area contributed by atoms with Crippen LogP contribution in [0.5, 0.6) is 5.88 Å². The molecule has 4 heteroatoms. The molecule has 1 heterocycles. The molecule has 0 aliphatic carbocycles. The Morgan fingerprint density at radius 3 is 1.67 bits per heavy atom. The molecule has 4 nitrogen and oxygen atoms in total. The van der Waals surface area contributed by atoms with E-state index in [2.05, 4.69) is 24.3 Å². The third-order valence-electron chi connectivity index (χ3n) is 5.60. The Kier molecular flexibility index (Phi) is 5.40. The first-order valence-corrected chi connectivity index (χ1v) is 10.4. The van der Waals surface area contributed by atoms with Crippen LogP contribution in [-0.2, 0) is 5.41 Å². The molecule has 0 radical (unpaired) electrons. The van der Waals surface area contributed by atoms with Gasteiger partial charge in [-0.15, -0.1) is 0 Å². The smallest absolute Gasteiger partial charge is 0.345 e. The summed E-state index contributed by atoms with van der Waals surface area (Å²) in [6, 6.07) is 8.29. The van der Waals surface area contributed by atoms with Gasteiger partial charge in [0.15, 0.2) is 0 Å². The van der Waals surface area contributed by atoms with E-state index in [-0.39, 0.29) is 11.4 Å². The molecule has 0 bridgehead atoms. The number of hydrogen-bond donors (Lipinski definition) is 0. The summed E-state index contributed by atoms with van der Waals surface area (Å²) >= 11 is 0. The molecular formula is C26H32N2O2. The maximum Gasteiger partial charge on any atom is 0.345 e. The summed E-state index contributed by atoms with van der Waals surface area (Å²) in [5, 5.41) is 13.6. The Labute approximate surface area is 179 Å². The summed E-state index contributed by atoms with van der Waals surface area (Å²) in [5.74, 6) is -0.249. The molecule has 0 fully saturated rings. The predicted molar refractivity (Wildman–Crippen MR) is 120 cm³/mol. The summed E-state index contributed by atoms with van der Waals surface area (Å²) in [6.45, 7) is 17.9. The van der Waals surface area contributed by atoms with Crippen molar-refractivity contribution in [1.82, 2.24) is 4.57 Å². The number of nitrogens with zero attached hydrogens (tertiary/aromatic N) is 2. The monoisotopic (exact) mass is 404 g/mol. The highest BCUT2D eigenvalue weighted by Gasteiger charge is 2.29. The van der Waals surface area contributed by atoms with Crippen LogP contribution >= 0.6 is 0 Å². The third-order valence-corrected chi connectivity index (χ3v) is 5.60. The SMILES string of the molecule is Cc1cc(C)c(-n2c[n+](-c3c(C)cc(C)cc3C)c([O-])c(C(C)(C)C)c2=O)c(C)c1. The quantitative estimate of drug-likeness (QED) is 0.597. The average molecular weight is 405 g/mol. The van der Waals surface area contributed by atoms with Gasteiger partial charge in [-0.3, -0.25) is 0 Å². The third kappa shape index (κ3) is 3.67. The fourth-order valence-corrected chi connectivity index (χ4v) is 4.62. The van der Waals surface area contributed by atoms with Gasteiger partial charge in [-0.25, -0.2) is 9.36 Å². The molecule has 3 aromatic rings. The van der Waals surface area contributed by atoms with Gasteiger partial charge in [0.25, 0.3) is 6.33 Å². The van der Waals surface area contributed by atoms with Gasteiger partial charge in [0.2, 0.25) is 0 Å². The number of aryl methyl sites for hydroxylation is 6. The van der Waals surface area contributed by atoms with Gasteiger partial charge in [0.05, 0.1) is 11.4 Å². The van der Waals surface area contributed by atoms with Crippen molar-refractivity contribution >= 4 is 0 Å². The van der Waals surface area contributed by atoms with E-state index in [4.69, 9.17) is 0 Å². The molecule has 158 valence electrons. The van der Waals surface area contributed by atoms with E-state index in [1.165, 1.54) is 0 Å². The Bertz CT molecular complexity index is 1160. The van der Waals surface area contributed by atoms with E-state index in [1.54, 1.807) is 15.5 Å². The van der Waals surface area contributed by atoms with Crippen LogP contribution in [0.2, 0.25) is 0 Å². The van der Waals surface area contributed by atoms with Crippen LogP contribution in [0.3, 0.4) is 0 Å². The number of hydrogen-bond acceptors (Lipinski definition) is 2. The minimum atomic E-state index is -0.585. The lowest BCUT2D eigenvalue weighted by Gasteiger charge is -2.26. The van der Waals surface area contributed by atoms with Crippen LogP contribution in [0.1, 0.15) is 59.7 Å². The highest BCUT2D eigenvalue weighted by atomic mass is 16.3. The van der Waals surface area contributed by atoms with E-state index < -0.39 is 5.41 Å². The van der Waals surface area contributed by atoms with Gasteiger partial charge >= 0.3 is 5.56 Å². The molecule has 0 spiro atoms. The van der Waals surface area contributed by atoms with Crippen LogP contribution in [0.4, 0.5) is 0 Å². The van der Waals surface area contributed by atoms with Crippen LogP contribution in [-0.4, -0.2) is 4.57 Å². The largest absolute Gasteiger partial charge is 0.842 e. The van der Waals surface area contributed by atoms with Crippen LogP contribution in [0.25, 0.3) is 11.4 Å². The summed E-state index contributed by atoms with van der Waals surface area (Å²) in [4.78, 5) is 13.6. The molecule has 1 aromatic heterocycles. The molecule has 0 unspecified atom stereocenters. The molecule has 0 aliphatic rings. The van der Waals surface area contributed by atoms with Gasteiger partial charge in [0, 0.05) is 0 Å². The first-order chi connectivity index (χ1) is 13.8. The number of aromatic nitrogens is 2. The fourth-order valence-electron chi connectivity index (χ4n) is 4.62. The second-order valence-corrected chi connectivity index (χ2v) is 9.59. The van der Waals surface area contributed by atoms with E-state index in [1.807, 2.05) is 62.3 Å².